The third-order valence-electron chi connectivity index (χ3n) is 2.12. The molecule has 1 saturated heterocycles. The Balaban J connectivity index is 2.19. The quantitative estimate of drug-likeness (QED) is 0.402. The smallest absolute Gasteiger partial charge is 0.326 e. The second-order valence-electron chi connectivity index (χ2n) is 3.36. The Labute approximate surface area is 86.9 Å². The van der Waals surface area contributed by atoms with Crippen molar-refractivity contribution in [3.05, 3.63) is 0 Å². The molecule has 1 aliphatic rings. The summed E-state index contributed by atoms with van der Waals surface area (Å²) >= 11 is 0. The lowest BCUT2D eigenvalue weighted by molar-refractivity contribution is -0.152. The molecule has 0 saturated carbocycles. The summed E-state index contributed by atoms with van der Waals surface area (Å²) < 4.78 is 0. The molecule has 0 aromatic heterocycles. The lowest BCUT2D eigenvalue weighted by Crippen LogP contribution is -2.33. The molecular formula is C8H15N3O4. The summed E-state index contributed by atoms with van der Waals surface area (Å²) in [7, 11) is 0. The fourth-order valence-electron chi connectivity index (χ4n) is 1.33. The molecule has 15 heavy (non-hydrogen) atoms. The summed E-state index contributed by atoms with van der Waals surface area (Å²) in [6, 6.07) is -0.733. The summed E-state index contributed by atoms with van der Waals surface area (Å²) in [4.78, 5) is 26.2. The van der Waals surface area contributed by atoms with E-state index in [0.717, 1.165) is 0 Å². The lowest BCUT2D eigenvalue weighted by Gasteiger charge is -2.10. The number of carbonyl (C=O) groups excluding carboxylic acids is 1. The predicted octanol–water partition coefficient (Wildman–Crippen LogP) is -1.80. The van der Waals surface area contributed by atoms with Crippen molar-refractivity contribution < 1.29 is 19.5 Å². The molecule has 86 valence electrons. The summed E-state index contributed by atoms with van der Waals surface area (Å²) in [5.74, 6) is -1.33. The fraction of sp³-hybridized carbons (Fsp3) is 0.750. The molecule has 1 fully saturated rings. The van der Waals surface area contributed by atoms with E-state index in [0.29, 0.717) is 13.0 Å². The zero-order valence-electron chi connectivity index (χ0n) is 8.23. The molecule has 0 bridgehead atoms. The van der Waals surface area contributed by atoms with Crippen molar-refractivity contribution in [3.8, 4) is 0 Å². The van der Waals surface area contributed by atoms with Crippen LogP contribution in [0.2, 0.25) is 0 Å². The van der Waals surface area contributed by atoms with Crippen molar-refractivity contribution in [2.24, 2.45) is 5.73 Å². The van der Waals surface area contributed by atoms with Crippen LogP contribution in [0.3, 0.4) is 0 Å². The molecule has 0 spiro atoms. The first-order chi connectivity index (χ1) is 7.13. The van der Waals surface area contributed by atoms with Crippen LogP contribution in [0.25, 0.3) is 0 Å². The van der Waals surface area contributed by atoms with Gasteiger partial charge in [0.05, 0.1) is 12.5 Å². The number of nitrogens with one attached hydrogen (secondary N) is 2. The number of carbonyl (C=O) groups is 2. The van der Waals surface area contributed by atoms with Crippen LogP contribution in [0.15, 0.2) is 0 Å². The standard InChI is InChI=1S/C8H15N3O4/c9-2-1-7(12)15-11-5-3-6(8(13)14)10-4-5/h5-6,10-11H,1-4,9H2,(H,13,14). The van der Waals surface area contributed by atoms with E-state index in [4.69, 9.17) is 15.7 Å². The van der Waals surface area contributed by atoms with Crippen molar-refractivity contribution in [1.82, 2.24) is 10.8 Å². The Morgan fingerprint density at radius 3 is 2.87 bits per heavy atom. The van der Waals surface area contributed by atoms with Gasteiger partial charge in [0, 0.05) is 13.1 Å². The molecule has 1 rings (SSSR count). The maximum Gasteiger partial charge on any atom is 0.326 e. The molecule has 7 nitrogen and oxygen atoms in total. The van der Waals surface area contributed by atoms with Gasteiger partial charge >= 0.3 is 11.9 Å². The van der Waals surface area contributed by atoms with E-state index in [1.54, 1.807) is 0 Å². The number of carboxylic acids is 1. The van der Waals surface area contributed by atoms with Gasteiger partial charge in [0.2, 0.25) is 0 Å². The third-order valence-corrected chi connectivity index (χ3v) is 2.12. The first kappa shape index (κ1) is 11.9. The molecule has 0 aliphatic carbocycles. The predicted molar refractivity (Wildman–Crippen MR) is 50.7 cm³/mol. The summed E-state index contributed by atoms with van der Waals surface area (Å²) in [6.45, 7) is 0.702. The van der Waals surface area contributed by atoms with Gasteiger partial charge in [0.25, 0.3) is 0 Å². The third kappa shape index (κ3) is 3.82. The molecular weight excluding hydrogens is 202 g/mol. The molecule has 1 aliphatic heterocycles. The molecule has 0 aromatic rings. The molecule has 0 amide bonds. The summed E-state index contributed by atoms with van der Waals surface area (Å²) in [5, 5.41) is 11.5. The number of nitrogens with two attached hydrogens (primary N) is 1. The first-order valence-corrected chi connectivity index (χ1v) is 4.75. The highest BCUT2D eigenvalue weighted by Crippen LogP contribution is 2.06. The van der Waals surface area contributed by atoms with Gasteiger partial charge in [0.15, 0.2) is 0 Å². The lowest BCUT2D eigenvalue weighted by atomic mass is 10.2. The van der Waals surface area contributed by atoms with Gasteiger partial charge < -0.3 is 21.0 Å². The number of hydroxylamine groups is 1. The second kappa shape index (κ2) is 5.64. The van der Waals surface area contributed by atoms with E-state index in [1.165, 1.54) is 0 Å². The van der Waals surface area contributed by atoms with Crippen LogP contribution in [0.5, 0.6) is 0 Å². The van der Waals surface area contributed by atoms with Crippen LogP contribution in [-0.2, 0) is 14.4 Å². The van der Waals surface area contributed by atoms with Gasteiger partial charge in [-0.2, -0.15) is 0 Å². The number of hydrogen-bond donors (Lipinski definition) is 4. The Bertz CT molecular complexity index is 246. The van der Waals surface area contributed by atoms with Gasteiger partial charge in [-0.25, -0.2) is 0 Å². The minimum absolute atomic E-state index is 0.148. The summed E-state index contributed by atoms with van der Waals surface area (Å²) in [5.41, 5.74) is 7.68. The van der Waals surface area contributed by atoms with Gasteiger partial charge in [-0.05, 0) is 6.42 Å². The van der Waals surface area contributed by atoms with Crippen LogP contribution >= 0.6 is 0 Å². The van der Waals surface area contributed by atoms with Gasteiger partial charge in [-0.3, -0.25) is 9.59 Å². The normalized spacial score (nSPS) is 25.1. The fourth-order valence-corrected chi connectivity index (χ4v) is 1.33. The monoisotopic (exact) mass is 217 g/mol. The van der Waals surface area contributed by atoms with E-state index in [-0.39, 0.29) is 19.0 Å². The van der Waals surface area contributed by atoms with E-state index in [2.05, 4.69) is 10.8 Å². The van der Waals surface area contributed by atoms with Gasteiger partial charge in [0.1, 0.15) is 6.04 Å². The highest BCUT2D eigenvalue weighted by atomic mass is 16.7. The molecule has 2 unspecified atom stereocenters. The Hall–Kier alpha value is -1.18. The maximum atomic E-state index is 10.9. The zero-order chi connectivity index (χ0) is 11.3. The average Bonchev–Trinajstić information content (AvgIpc) is 2.63. The molecule has 0 aromatic carbocycles. The van der Waals surface area contributed by atoms with Crippen molar-refractivity contribution >= 4 is 11.9 Å². The minimum Gasteiger partial charge on any atom is -0.480 e. The van der Waals surface area contributed by atoms with E-state index in [1.807, 2.05) is 0 Å². The Kier molecular flexibility index (Phi) is 4.47. The van der Waals surface area contributed by atoms with E-state index < -0.39 is 18.0 Å². The number of rotatable bonds is 5. The molecule has 5 N–H and O–H groups in total. The highest BCUT2D eigenvalue weighted by Gasteiger charge is 2.29. The summed E-state index contributed by atoms with van der Waals surface area (Å²) in [6.07, 6.45) is 0.542. The molecule has 0 radical (unpaired) electrons. The average molecular weight is 217 g/mol. The van der Waals surface area contributed by atoms with E-state index in [9.17, 15) is 9.59 Å². The highest BCUT2D eigenvalue weighted by molar-refractivity contribution is 5.74. The molecule has 7 heteroatoms. The number of aliphatic carboxylic acids is 1. The first-order valence-electron chi connectivity index (χ1n) is 4.75. The van der Waals surface area contributed by atoms with Crippen molar-refractivity contribution in [2.75, 3.05) is 13.1 Å². The zero-order valence-corrected chi connectivity index (χ0v) is 8.23. The van der Waals surface area contributed by atoms with E-state index >= 15 is 0 Å². The van der Waals surface area contributed by atoms with Gasteiger partial charge in [-0.1, -0.05) is 0 Å². The van der Waals surface area contributed by atoms with Crippen molar-refractivity contribution in [1.29, 1.82) is 0 Å². The maximum absolute atomic E-state index is 10.9. The van der Waals surface area contributed by atoms with Crippen molar-refractivity contribution in [2.45, 2.75) is 24.9 Å². The SMILES string of the molecule is NCCC(=O)ONC1CNC(C(=O)O)C1. The number of hydrogen-bond acceptors (Lipinski definition) is 6. The molecule has 2 atom stereocenters. The number of carboxylic acid groups (broad SMARTS) is 1. The van der Waals surface area contributed by atoms with Gasteiger partial charge in [-0.15, -0.1) is 5.48 Å². The van der Waals surface area contributed by atoms with Crippen LogP contribution in [-0.4, -0.2) is 42.2 Å². The second-order valence-corrected chi connectivity index (χ2v) is 3.36. The largest absolute Gasteiger partial charge is 0.480 e. The topological polar surface area (TPSA) is 114 Å². The molecule has 1 heterocycles. The van der Waals surface area contributed by atoms with Crippen LogP contribution in [0, 0.1) is 0 Å². The van der Waals surface area contributed by atoms with Crippen LogP contribution in [0.1, 0.15) is 12.8 Å². The Morgan fingerprint density at radius 2 is 2.33 bits per heavy atom. The van der Waals surface area contributed by atoms with Crippen LogP contribution < -0.4 is 16.5 Å². The van der Waals surface area contributed by atoms with Crippen LogP contribution in [0.4, 0.5) is 0 Å². The Morgan fingerprint density at radius 1 is 1.60 bits per heavy atom. The van der Waals surface area contributed by atoms with Crippen molar-refractivity contribution in [3.63, 3.8) is 0 Å². The minimum atomic E-state index is -0.896.